The Kier molecular flexibility index (Phi) is 5.32. The number of carbonyl (C=O) groups is 1. The van der Waals surface area contributed by atoms with Crippen LogP contribution in [0.4, 0.5) is 5.69 Å². The molecule has 0 atom stereocenters. The minimum Gasteiger partial charge on any atom is -0.486 e. The van der Waals surface area contributed by atoms with Gasteiger partial charge in [0.2, 0.25) is 5.91 Å². The van der Waals surface area contributed by atoms with E-state index in [1.807, 2.05) is 42.5 Å². The first-order valence-electron chi connectivity index (χ1n) is 10.8. The van der Waals surface area contributed by atoms with Crippen molar-refractivity contribution in [1.82, 2.24) is 9.55 Å². The van der Waals surface area contributed by atoms with Crippen LogP contribution in [-0.2, 0) is 11.3 Å². The molecule has 160 valence electrons. The first-order chi connectivity index (χ1) is 15.2. The van der Waals surface area contributed by atoms with Crippen LogP contribution in [0.15, 0.2) is 53.6 Å². The summed E-state index contributed by atoms with van der Waals surface area (Å²) in [6.45, 7) is 1.71. The summed E-state index contributed by atoms with van der Waals surface area (Å²) in [5.74, 6) is 1.78. The summed E-state index contributed by atoms with van der Waals surface area (Å²) in [7, 11) is 0. The van der Waals surface area contributed by atoms with Crippen LogP contribution >= 0.6 is 0 Å². The predicted octanol–water partition coefficient (Wildman–Crippen LogP) is 3.61. The molecule has 1 aliphatic carbocycles. The summed E-state index contributed by atoms with van der Waals surface area (Å²) in [6, 6.07) is 12.9. The average Bonchev–Trinajstić information content (AvgIpc) is 2.81. The number of amides is 1. The van der Waals surface area contributed by atoms with Crippen molar-refractivity contribution in [1.29, 1.82) is 0 Å². The van der Waals surface area contributed by atoms with Gasteiger partial charge in [-0.1, -0.05) is 12.1 Å². The number of nitrogens with zero attached hydrogens (tertiary/aromatic N) is 2. The van der Waals surface area contributed by atoms with Crippen molar-refractivity contribution in [2.75, 3.05) is 18.5 Å². The highest BCUT2D eigenvalue weighted by Crippen LogP contribution is 2.34. The van der Waals surface area contributed by atoms with E-state index in [1.54, 1.807) is 10.9 Å². The average molecular weight is 419 g/mol. The van der Waals surface area contributed by atoms with Crippen molar-refractivity contribution in [2.45, 2.75) is 32.2 Å². The van der Waals surface area contributed by atoms with E-state index >= 15 is 0 Å². The lowest BCUT2D eigenvalue weighted by molar-refractivity contribution is -0.121. The zero-order valence-corrected chi connectivity index (χ0v) is 17.3. The molecule has 0 unspecified atom stereocenters. The smallest absolute Gasteiger partial charge is 0.261 e. The number of para-hydroxylation sites is 1. The Bertz CT molecular complexity index is 1160. The minimum atomic E-state index is -0.0177. The Morgan fingerprint density at radius 2 is 1.81 bits per heavy atom. The molecule has 1 saturated carbocycles. The summed E-state index contributed by atoms with van der Waals surface area (Å²) < 4.78 is 12.8. The van der Waals surface area contributed by atoms with Crippen molar-refractivity contribution in [2.24, 2.45) is 11.8 Å². The fourth-order valence-electron chi connectivity index (χ4n) is 4.49. The Labute approximate surface area is 180 Å². The fraction of sp³-hybridized carbons (Fsp3) is 0.375. The number of carbonyl (C=O) groups excluding carboxylic acids is 1. The quantitative estimate of drug-likeness (QED) is 0.699. The summed E-state index contributed by atoms with van der Waals surface area (Å²) in [4.78, 5) is 29.9. The van der Waals surface area contributed by atoms with E-state index in [0.717, 1.165) is 36.9 Å². The molecule has 31 heavy (non-hydrogen) atoms. The topological polar surface area (TPSA) is 82.4 Å². The second kappa shape index (κ2) is 8.41. The highest BCUT2D eigenvalue weighted by Gasteiger charge is 2.27. The van der Waals surface area contributed by atoms with E-state index in [-0.39, 0.29) is 17.4 Å². The van der Waals surface area contributed by atoms with E-state index < -0.39 is 0 Å². The highest BCUT2D eigenvalue weighted by molar-refractivity contribution is 5.93. The Balaban J connectivity index is 1.18. The number of fused-ring (bicyclic) bond motifs is 2. The number of hydrogen-bond acceptors (Lipinski definition) is 5. The number of rotatable bonds is 4. The molecular formula is C24H25N3O4. The molecule has 7 nitrogen and oxygen atoms in total. The molecule has 1 aliphatic heterocycles. The third-order valence-corrected chi connectivity index (χ3v) is 6.21. The molecule has 0 radical (unpaired) electrons. The van der Waals surface area contributed by atoms with Gasteiger partial charge >= 0.3 is 0 Å². The third kappa shape index (κ3) is 4.13. The predicted molar refractivity (Wildman–Crippen MR) is 118 cm³/mol. The van der Waals surface area contributed by atoms with E-state index in [9.17, 15) is 9.59 Å². The van der Waals surface area contributed by atoms with E-state index in [2.05, 4.69) is 10.3 Å². The summed E-state index contributed by atoms with van der Waals surface area (Å²) in [5, 5.41) is 3.67. The SMILES string of the molecule is O=C(Nc1ccc2c(c1)OCCO2)C1CCC(Cn2cnc3ccccc3c2=O)CC1. The first kappa shape index (κ1) is 19.6. The normalized spacial score (nSPS) is 20.4. The molecule has 0 saturated heterocycles. The molecule has 1 fully saturated rings. The Morgan fingerprint density at radius 1 is 1.03 bits per heavy atom. The number of hydrogen-bond donors (Lipinski definition) is 1. The summed E-state index contributed by atoms with van der Waals surface area (Å²) in [5.41, 5.74) is 1.46. The third-order valence-electron chi connectivity index (χ3n) is 6.21. The number of nitrogens with one attached hydrogen (secondary N) is 1. The van der Waals surface area contributed by atoms with Gasteiger partial charge in [0.25, 0.3) is 5.56 Å². The molecule has 7 heteroatoms. The Hall–Kier alpha value is -3.35. The molecular weight excluding hydrogens is 394 g/mol. The van der Waals surface area contributed by atoms with Gasteiger partial charge in [-0.15, -0.1) is 0 Å². The number of anilines is 1. The van der Waals surface area contributed by atoms with Gasteiger partial charge in [-0.3, -0.25) is 14.2 Å². The molecule has 1 N–H and O–H groups in total. The number of ether oxygens (including phenoxy) is 2. The second-order valence-electron chi connectivity index (χ2n) is 8.28. The van der Waals surface area contributed by atoms with Crippen LogP contribution in [0, 0.1) is 11.8 Å². The lowest BCUT2D eigenvalue weighted by atomic mass is 9.81. The van der Waals surface area contributed by atoms with Crippen LogP contribution in [0.2, 0.25) is 0 Å². The lowest BCUT2D eigenvalue weighted by Crippen LogP contribution is -2.30. The van der Waals surface area contributed by atoms with Crippen LogP contribution in [0.5, 0.6) is 11.5 Å². The molecule has 1 aromatic heterocycles. The summed E-state index contributed by atoms with van der Waals surface area (Å²) >= 11 is 0. The van der Waals surface area contributed by atoms with Crippen LogP contribution in [0.1, 0.15) is 25.7 Å². The molecule has 1 amide bonds. The van der Waals surface area contributed by atoms with E-state index in [4.69, 9.17) is 9.47 Å². The van der Waals surface area contributed by atoms with Crippen LogP contribution in [-0.4, -0.2) is 28.7 Å². The van der Waals surface area contributed by atoms with Crippen molar-refractivity contribution in [3.8, 4) is 11.5 Å². The van der Waals surface area contributed by atoms with Crippen molar-refractivity contribution >= 4 is 22.5 Å². The van der Waals surface area contributed by atoms with E-state index in [0.29, 0.717) is 42.6 Å². The van der Waals surface area contributed by atoms with Crippen molar-refractivity contribution < 1.29 is 14.3 Å². The zero-order chi connectivity index (χ0) is 21.2. The number of benzene rings is 2. The van der Waals surface area contributed by atoms with Crippen molar-refractivity contribution in [3.63, 3.8) is 0 Å². The minimum absolute atomic E-state index is 0.00377. The van der Waals surface area contributed by atoms with Crippen LogP contribution in [0.25, 0.3) is 10.9 Å². The first-order valence-corrected chi connectivity index (χ1v) is 10.8. The monoisotopic (exact) mass is 419 g/mol. The van der Waals surface area contributed by atoms with Crippen molar-refractivity contribution in [3.05, 3.63) is 59.1 Å². The van der Waals surface area contributed by atoms with Gasteiger partial charge in [0.15, 0.2) is 11.5 Å². The summed E-state index contributed by atoms with van der Waals surface area (Å²) in [6.07, 6.45) is 5.11. The maximum absolute atomic E-state index is 12.8. The molecule has 3 aromatic rings. The second-order valence-corrected chi connectivity index (χ2v) is 8.28. The van der Waals surface area contributed by atoms with E-state index in [1.165, 1.54) is 0 Å². The van der Waals surface area contributed by atoms with Gasteiger partial charge in [-0.25, -0.2) is 4.98 Å². The number of aromatic nitrogens is 2. The maximum Gasteiger partial charge on any atom is 0.261 e. The lowest BCUT2D eigenvalue weighted by Gasteiger charge is -2.28. The van der Waals surface area contributed by atoms with Gasteiger partial charge in [0.1, 0.15) is 13.2 Å². The molecule has 0 spiro atoms. The fourth-order valence-corrected chi connectivity index (χ4v) is 4.49. The molecule has 2 aromatic carbocycles. The molecule has 2 aliphatic rings. The van der Waals surface area contributed by atoms with Gasteiger partial charge in [-0.2, -0.15) is 0 Å². The van der Waals surface area contributed by atoms with Gasteiger partial charge in [0.05, 0.1) is 17.2 Å². The Morgan fingerprint density at radius 3 is 2.65 bits per heavy atom. The largest absolute Gasteiger partial charge is 0.486 e. The molecule has 5 rings (SSSR count). The standard InChI is InChI=1S/C24H25N3O4/c28-23(26-18-9-10-21-22(13-18)31-12-11-30-21)17-7-5-16(6-8-17)14-27-15-25-20-4-2-1-3-19(20)24(27)29/h1-4,9-10,13,15-17H,5-8,11-12,14H2,(H,26,28). The maximum atomic E-state index is 12.8. The van der Waals surface area contributed by atoms with Crippen LogP contribution < -0.4 is 20.3 Å². The van der Waals surface area contributed by atoms with Gasteiger partial charge < -0.3 is 14.8 Å². The highest BCUT2D eigenvalue weighted by atomic mass is 16.6. The van der Waals surface area contributed by atoms with Gasteiger partial charge in [0, 0.05) is 24.2 Å². The van der Waals surface area contributed by atoms with Gasteiger partial charge in [-0.05, 0) is 55.9 Å². The zero-order valence-electron chi connectivity index (χ0n) is 17.3. The van der Waals surface area contributed by atoms with Crippen LogP contribution in [0.3, 0.4) is 0 Å². The molecule has 2 heterocycles. The molecule has 0 bridgehead atoms.